The van der Waals surface area contributed by atoms with Gasteiger partial charge in [0.05, 0.1) is 5.41 Å². The highest BCUT2D eigenvalue weighted by atomic mass is 16.2. The van der Waals surface area contributed by atoms with Gasteiger partial charge in [-0.15, -0.1) is 0 Å². The van der Waals surface area contributed by atoms with Crippen molar-refractivity contribution in [3.63, 3.8) is 0 Å². The van der Waals surface area contributed by atoms with E-state index in [1.165, 1.54) is 0 Å². The maximum Gasteiger partial charge on any atom is 0.240 e. The molecule has 1 unspecified atom stereocenters. The van der Waals surface area contributed by atoms with Crippen LogP contribution in [0.1, 0.15) is 51.7 Å². The van der Waals surface area contributed by atoms with Crippen LogP contribution in [0.4, 0.5) is 0 Å². The zero-order valence-electron chi connectivity index (χ0n) is 15.3. The van der Waals surface area contributed by atoms with Gasteiger partial charge in [0.25, 0.3) is 0 Å². The summed E-state index contributed by atoms with van der Waals surface area (Å²) in [5.41, 5.74) is 1.03. The minimum Gasteiger partial charge on any atom is -0.355 e. The molecule has 1 N–H and O–H groups in total. The van der Waals surface area contributed by atoms with E-state index in [-0.39, 0.29) is 30.7 Å². The zero-order valence-corrected chi connectivity index (χ0v) is 15.3. The van der Waals surface area contributed by atoms with E-state index in [0.717, 1.165) is 22.4 Å². The standard InChI is InChI=1S/C17H22N2O3.C2H6/c1-4-9-18-14(20)11-19-15(21)10-17(3,16(19)22)13-7-5-12(2)6-8-13;1-2/h5-8H,4,9-11H2,1-3H3,(H,18,20);1-2H3. The molecule has 5 heteroatoms. The Morgan fingerprint density at radius 1 is 1.21 bits per heavy atom. The van der Waals surface area contributed by atoms with E-state index in [0.29, 0.717) is 6.54 Å². The van der Waals surface area contributed by atoms with Gasteiger partial charge < -0.3 is 5.32 Å². The topological polar surface area (TPSA) is 66.5 Å². The van der Waals surface area contributed by atoms with Gasteiger partial charge >= 0.3 is 0 Å². The van der Waals surface area contributed by atoms with Crippen LogP contribution >= 0.6 is 0 Å². The van der Waals surface area contributed by atoms with Crippen LogP contribution in [-0.4, -0.2) is 35.7 Å². The Balaban J connectivity index is 0.00000139. The molecule has 2 rings (SSSR count). The highest BCUT2D eigenvalue weighted by Gasteiger charge is 2.49. The third-order valence-electron chi connectivity index (χ3n) is 4.09. The van der Waals surface area contributed by atoms with Gasteiger partial charge in [0.15, 0.2) is 0 Å². The highest BCUT2D eigenvalue weighted by Crippen LogP contribution is 2.36. The predicted octanol–water partition coefficient (Wildman–Crippen LogP) is 2.56. The molecule has 0 spiro atoms. The van der Waals surface area contributed by atoms with E-state index < -0.39 is 5.41 Å². The Labute approximate surface area is 144 Å². The molecule has 132 valence electrons. The lowest BCUT2D eigenvalue weighted by Gasteiger charge is -2.22. The normalized spacial score (nSPS) is 19.8. The first-order valence-electron chi connectivity index (χ1n) is 8.57. The van der Waals surface area contributed by atoms with Gasteiger partial charge in [-0.1, -0.05) is 50.6 Å². The van der Waals surface area contributed by atoms with Crippen LogP contribution in [0.3, 0.4) is 0 Å². The minimum atomic E-state index is -0.879. The summed E-state index contributed by atoms with van der Waals surface area (Å²) in [6.45, 7) is 10.0. The Kier molecular flexibility index (Phi) is 7.14. The molecule has 0 saturated carbocycles. The molecule has 1 fully saturated rings. The van der Waals surface area contributed by atoms with Crippen molar-refractivity contribution in [2.24, 2.45) is 0 Å². The lowest BCUT2D eigenvalue weighted by molar-refractivity contribution is -0.143. The number of hydrogen-bond donors (Lipinski definition) is 1. The lowest BCUT2D eigenvalue weighted by Crippen LogP contribution is -2.43. The largest absolute Gasteiger partial charge is 0.355 e. The van der Waals surface area contributed by atoms with Crippen molar-refractivity contribution in [1.82, 2.24) is 10.2 Å². The van der Waals surface area contributed by atoms with Crippen LogP contribution < -0.4 is 5.32 Å². The highest BCUT2D eigenvalue weighted by molar-refractivity contribution is 6.10. The lowest BCUT2D eigenvalue weighted by atomic mass is 9.81. The van der Waals surface area contributed by atoms with Gasteiger partial charge in [0, 0.05) is 13.0 Å². The van der Waals surface area contributed by atoms with Gasteiger partial charge in [-0.25, -0.2) is 0 Å². The Morgan fingerprint density at radius 2 is 1.79 bits per heavy atom. The van der Waals surface area contributed by atoms with Gasteiger partial charge in [-0.05, 0) is 25.8 Å². The number of aryl methyl sites for hydroxylation is 1. The number of hydrogen-bond acceptors (Lipinski definition) is 3. The Hall–Kier alpha value is -2.17. The molecular weight excluding hydrogens is 304 g/mol. The van der Waals surface area contributed by atoms with Crippen molar-refractivity contribution in [2.75, 3.05) is 13.1 Å². The molecule has 1 aromatic carbocycles. The number of benzene rings is 1. The summed E-state index contributed by atoms with van der Waals surface area (Å²) in [6.07, 6.45) is 0.921. The second kappa shape index (κ2) is 8.62. The number of nitrogens with zero attached hydrogens (tertiary/aromatic N) is 1. The summed E-state index contributed by atoms with van der Waals surface area (Å²) in [7, 11) is 0. The monoisotopic (exact) mass is 332 g/mol. The average molecular weight is 332 g/mol. The molecule has 1 aliphatic rings. The summed E-state index contributed by atoms with van der Waals surface area (Å²) in [5, 5.41) is 2.69. The Morgan fingerprint density at radius 3 is 2.33 bits per heavy atom. The number of amides is 3. The van der Waals surface area contributed by atoms with E-state index in [2.05, 4.69) is 5.32 Å². The first-order chi connectivity index (χ1) is 11.4. The van der Waals surface area contributed by atoms with Crippen molar-refractivity contribution in [3.05, 3.63) is 35.4 Å². The van der Waals surface area contributed by atoms with E-state index in [4.69, 9.17) is 0 Å². The summed E-state index contributed by atoms with van der Waals surface area (Å²) >= 11 is 0. The molecule has 1 aromatic rings. The molecule has 5 nitrogen and oxygen atoms in total. The summed E-state index contributed by atoms with van der Waals surface area (Å²) in [6, 6.07) is 7.60. The number of carbonyl (C=O) groups is 3. The Bertz CT molecular complexity index is 595. The smallest absolute Gasteiger partial charge is 0.240 e. The van der Waals surface area contributed by atoms with Crippen LogP contribution in [0.15, 0.2) is 24.3 Å². The van der Waals surface area contributed by atoms with Crippen LogP contribution in [0.25, 0.3) is 0 Å². The molecular formula is C19H28N2O3. The van der Waals surface area contributed by atoms with Crippen molar-refractivity contribution in [1.29, 1.82) is 0 Å². The fourth-order valence-electron chi connectivity index (χ4n) is 2.66. The number of imide groups is 1. The second-order valence-electron chi connectivity index (χ2n) is 6.01. The quantitative estimate of drug-likeness (QED) is 0.843. The molecule has 3 amide bonds. The SMILES string of the molecule is CC.CCCNC(=O)CN1C(=O)CC(C)(c2ccc(C)cc2)C1=O. The maximum atomic E-state index is 12.7. The first-order valence-corrected chi connectivity index (χ1v) is 8.57. The maximum absolute atomic E-state index is 12.7. The predicted molar refractivity (Wildman–Crippen MR) is 94.5 cm³/mol. The number of likely N-dealkylation sites (tertiary alicyclic amines) is 1. The second-order valence-corrected chi connectivity index (χ2v) is 6.01. The molecule has 0 aromatic heterocycles. The molecule has 0 bridgehead atoms. The van der Waals surface area contributed by atoms with Crippen molar-refractivity contribution < 1.29 is 14.4 Å². The van der Waals surface area contributed by atoms with Crippen LogP contribution in [-0.2, 0) is 19.8 Å². The van der Waals surface area contributed by atoms with Gasteiger partial charge in [-0.2, -0.15) is 0 Å². The third kappa shape index (κ3) is 4.22. The molecule has 1 heterocycles. The van der Waals surface area contributed by atoms with Gasteiger partial charge in [0.2, 0.25) is 17.7 Å². The number of nitrogens with one attached hydrogen (secondary N) is 1. The van der Waals surface area contributed by atoms with Crippen LogP contribution in [0.5, 0.6) is 0 Å². The van der Waals surface area contributed by atoms with Crippen LogP contribution in [0.2, 0.25) is 0 Å². The minimum absolute atomic E-state index is 0.107. The molecule has 1 atom stereocenters. The third-order valence-corrected chi connectivity index (χ3v) is 4.09. The molecule has 1 aliphatic heterocycles. The summed E-state index contributed by atoms with van der Waals surface area (Å²) in [4.78, 5) is 37.7. The van der Waals surface area contributed by atoms with Crippen molar-refractivity contribution in [3.8, 4) is 0 Å². The van der Waals surface area contributed by atoms with E-state index >= 15 is 0 Å². The van der Waals surface area contributed by atoms with E-state index in [1.54, 1.807) is 6.92 Å². The van der Waals surface area contributed by atoms with Crippen LogP contribution in [0, 0.1) is 6.92 Å². The zero-order chi connectivity index (χ0) is 18.3. The molecule has 1 saturated heterocycles. The summed E-state index contributed by atoms with van der Waals surface area (Å²) in [5.74, 6) is -0.885. The first kappa shape index (κ1) is 19.9. The van der Waals surface area contributed by atoms with Gasteiger partial charge in [0.1, 0.15) is 6.54 Å². The molecule has 0 radical (unpaired) electrons. The van der Waals surface area contributed by atoms with E-state index in [9.17, 15) is 14.4 Å². The van der Waals surface area contributed by atoms with Crippen molar-refractivity contribution in [2.45, 2.75) is 52.9 Å². The summed E-state index contributed by atoms with van der Waals surface area (Å²) < 4.78 is 0. The van der Waals surface area contributed by atoms with Crippen molar-refractivity contribution >= 4 is 17.7 Å². The molecule has 24 heavy (non-hydrogen) atoms. The fraction of sp³-hybridized carbons (Fsp3) is 0.526. The fourth-order valence-corrected chi connectivity index (χ4v) is 2.66. The number of rotatable bonds is 5. The molecule has 0 aliphatic carbocycles. The van der Waals surface area contributed by atoms with E-state index in [1.807, 2.05) is 52.0 Å². The average Bonchev–Trinajstić information content (AvgIpc) is 2.79. The van der Waals surface area contributed by atoms with Gasteiger partial charge in [-0.3, -0.25) is 19.3 Å². The number of carbonyl (C=O) groups excluding carboxylic acids is 3.